The Bertz CT molecular complexity index is 424. The maximum Gasteiger partial charge on any atom is 0.0396 e. The monoisotopic (exact) mass is 259 g/mol. The molecule has 0 atom stereocenters. The van der Waals surface area contributed by atoms with Gasteiger partial charge in [0.1, 0.15) is 0 Å². The van der Waals surface area contributed by atoms with E-state index in [0.717, 1.165) is 13.1 Å². The topological polar surface area (TPSA) is 18.5 Å². The van der Waals surface area contributed by atoms with Gasteiger partial charge in [-0.1, -0.05) is 12.1 Å². The summed E-state index contributed by atoms with van der Waals surface area (Å²) in [6, 6.07) is 7.08. The van der Waals surface area contributed by atoms with Crippen LogP contribution in [0.1, 0.15) is 17.5 Å². The quantitative estimate of drug-likeness (QED) is 0.888. The lowest BCUT2D eigenvalue weighted by molar-refractivity contribution is 0.244. The number of aryl methyl sites for hydroxylation is 1. The van der Waals surface area contributed by atoms with Crippen molar-refractivity contribution in [2.75, 3.05) is 51.2 Å². The molecule has 1 fully saturated rings. The molecule has 0 bridgehead atoms. The maximum atomic E-state index is 3.41. The third-order valence-corrected chi connectivity index (χ3v) is 4.42. The number of nitrogens with zero attached hydrogens (tertiary/aromatic N) is 2. The van der Waals surface area contributed by atoms with Crippen LogP contribution in [-0.4, -0.2) is 51.2 Å². The molecule has 2 aliphatic rings. The average Bonchev–Trinajstić information content (AvgIpc) is 2.46. The van der Waals surface area contributed by atoms with Crippen molar-refractivity contribution in [2.45, 2.75) is 19.3 Å². The third kappa shape index (κ3) is 3.10. The first kappa shape index (κ1) is 12.9. The van der Waals surface area contributed by atoms with Gasteiger partial charge in [-0.2, -0.15) is 0 Å². The Kier molecular flexibility index (Phi) is 4.04. The number of rotatable bonds is 3. The molecule has 3 nitrogen and oxygen atoms in total. The molecular formula is C16H25N3. The van der Waals surface area contributed by atoms with E-state index in [1.165, 1.54) is 56.7 Å². The van der Waals surface area contributed by atoms with Gasteiger partial charge in [0.15, 0.2) is 0 Å². The molecule has 0 saturated carbocycles. The SMILES string of the molecule is CN1CCCc2cc(CCN3CCNCC3)ccc21. The first-order valence-corrected chi connectivity index (χ1v) is 7.59. The largest absolute Gasteiger partial charge is 0.374 e. The van der Waals surface area contributed by atoms with Crippen molar-refractivity contribution in [1.29, 1.82) is 0 Å². The van der Waals surface area contributed by atoms with Gasteiger partial charge in [0.2, 0.25) is 0 Å². The van der Waals surface area contributed by atoms with E-state index in [4.69, 9.17) is 0 Å². The van der Waals surface area contributed by atoms with Crippen molar-refractivity contribution < 1.29 is 0 Å². The second-order valence-electron chi connectivity index (χ2n) is 5.83. The summed E-state index contributed by atoms with van der Waals surface area (Å²) >= 11 is 0. The van der Waals surface area contributed by atoms with Crippen molar-refractivity contribution in [1.82, 2.24) is 10.2 Å². The zero-order chi connectivity index (χ0) is 13.1. The van der Waals surface area contributed by atoms with Crippen LogP contribution in [0, 0.1) is 0 Å². The van der Waals surface area contributed by atoms with Crippen LogP contribution < -0.4 is 10.2 Å². The Morgan fingerprint density at radius 3 is 2.84 bits per heavy atom. The predicted molar refractivity (Wildman–Crippen MR) is 81.0 cm³/mol. The van der Waals surface area contributed by atoms with Crippen LogP contribution in [0.3, 0.4) is 0 Å². The summed E-state index contributed by atoms with van der Waals surface area (Å²) in [5.74, 6) is 0. The van der Waals surface area contributed by atoms with Gasteiger partial charge in [-0.3, -0.25) is 0 Å². The van der Waals surface area contributed by atoms with Crippen LogP contribution in [0.25, 0.3) is 0 Å². The highest BCUT2D eigenvalue weighted by Crippen LogP contribution is 2.26. The van der Waals surface area contributed by atoms with Gasteiger partial charge in [-0.25, -0.2) is 0 Å². The Morgan fingerprint density at radius 1 is 1.16 bits per heavy atom. The van der Waals surface area contributed by atoms with Crippen LogP contribution in [0.15, 0.2) is 18.2 Å². The molecule has 2 aliphatic heterocycles. The molecule has 0 radical (unpaired) electrons. The number of hydrogen-bond donors (Lipinski definition) is 1. The Labute approximate surface area is 116 Å². The third-order valence-electron chi connectivity index (χ3n) is 4.42. The van der Waals surface area contributed by atoms with Gasteiger partial charge in [0.25, 0.3) is 0 Å². The van der Waals surface area contributed by atoms with Crippen LogP contribution in [0.4, 0.5) is 5.69 Å². The number of hydrogen-bond acceptors (Lipinski definition) is 3. The van der Waals surface area contributed by atoms with E-state index in [1.807, 2.05) is 0 Å². The normalized spacial score (nSPS) is 20.4. The first-order chi connectivity index (χ1) is 9.33. The number of benzene rings is 1. The lowest BCUT2D eigenvalue weighted by Crippen LogP contribution is -2.44. The fourth-order valence-electron chi connectivity index (χ4n) is 3.22. The van der Waals surface area contributed by atoms with E-state index in [1.54, 1.807) is 5.56 Å². The molecule has 0 aromatic heterocycles. The molecule has 1 aromatic carbocycles. The molecule has 2 heterocycles. The number of fused-ring (bicyclic) bond motifs is 1. The molecule has 3 heteroatoms. The highest BCUT2D eigenvalue weighted by atomic mass is 15.2. The fourth-order valence-corrected chi connectivity index (χ4v) is 3.22. The summed E-state index contributed by atoms with van der Waals surface area (Å²) in [5.41, 5.74) is 4.50. The molecule has 3 rings (SSSR count). The van der Waals surface area contributed by atoms with Crippen molar-refractivity contribution >= 4 is 5.69 Å². The van der Waals surface area contributed by atoms with Gasteiger partial charge in [0.05, 0.1) is 0 Å². The second kappa shape index (κ2) is 5.93. The predicted octanol–water partition coefficient (Wildman–Crippen LogP) is 1.52. The van der Waals surface area contributed by atoms with E-state index >= 15 is 0 Å². The minimum atomic E-state index is 1.15. The van der Waals surface area contributed by atoms with E-state index < -0.39 is 0 Å². The molecule has 1 aromatic rings. The molecule has 0 aliphatic carbocycles. The smallest absolute Gasteiger partial charge is 0.0396 e. The Hall–Kier alpha value is -1.06. The summed E-state index contributed by atoms with van der Waals surface area (Å²) in [7, 11) is 2.21. The lowest BCUT2D eigenvalue weighted by Gasteiger charge is -2.29. The Morgan fingerprint density at radius 2 is 2.00 bits per heavy atom. The fraction of sp³-hybridized carbons (Fsp3) is 0.625. The van der Waals surface area contributed by atoms with Crippen molar-refractivity contribution in [3.63, 3.8) is 0 Å². The van der Waals surface area contributed by atoms with Gasteiger partial charge in [-0.05, 0) is 36.5 Å². The van der Waals surface area contributed by atoms with E-state index in [9.17, 15) is 0 Å². The van der Waals surface area contributed by atoms with Crippen LogP contribution in [-0.2, 0) is 12.8 Å². The van der Waals surface area contributed by atoms with Crippen molar-refractivity contribution in [2.24, 2.45) is 0 Å². The average molecular weight is 259 g/mol. The molecule has 0 amide bonds. The molecule has 1 saturated heterocycles. The van der Waals surface area contributed by atoms with Crippen LogP contribution in [0.5, 0.6) is 0 Å². The van der Waals surface area contributed by atoms with Gasteiger partial charge in [-0.15, -0.1) is 0 Å². The first-order valence-electron chi connectivity index (χ1n) is 7.59. The summed E-state index contributed by atoms with van der Waals surface area (Å²) in [6.07, 6.45) is 3.74. The number of nitrogens with one attached hydrogen (secondary N) is 1. The Balaban J connectivity index is 1.62. The number of piperazine rings is 1. The highest BCUT2D eigenvalue weighted by molar-refractivity contribution is 5.56. The standard InChI is InChI=1S/C16H25N3/c1-18-9-2-3-15-13-14(4-5-16(15)18)6-10-19-11-7-17-8-12-19/h4-5,13,17H,2-3,6-12H2,1H3. The van der Waals surface area contributed by atoms with Crippen LogP contribution >= 0.6 is 0 Å². The second-order valence-corrected chi connectivity index (χ2v) is 5.83. The van der Waals surface area contributed by atoms with Crippen molar-refractivity contribution in [3.8, 4) is 0 Å². The lowest BCUT2D eigenvalue weighted by atomic mass is 9.98. The van der Waals surface area contributed by atoms with Gasteiger partial charge >= 0.3 is 0 Å². The maximum absolute atomic E-state index is 3.41. The molecule has 0 spiro atoms. The van der Waals surface area contributed by atoms with Gasteiger partial charge < -0.3 is 15.1 Å². The van der Waals surface area contributed by atoms with Crippen molar-refractivity contribution in [3.05, 3.63) is 29.3 Å². The minimum Gasteiger partial charge on any atom is -0.374 e. The number of anilines is 1. The summed E-state index contributed by atoms with van der Waals surface area (Å²) < 4.78 is 0. The highest BCUT2D eigenvalue weighted by Gasteiger charge is 2.14. The molecule has 104 valence electrons. The molecule has 1 N–H and O–H groups in total. The van der Waals surface area contributed by atoms with E-state index in [0.29, 0.717) is 0 Å². The van der Waals surface area contributed by atoms with Crippen LogP contribution in [0.2, 0.25) is 0 Å². The molecule has 19 heavy (non-hydrogen) atoms. The zero-order valence-electron chi connectivity index (χ0n) is 12.0. The summed E-state index contributed by atoms with van der Waals surface area (Å²) in [4.78, 5) is 4.96. The minimum absolute atomic E-state index is 1.15. The molecule has 0 unspecified atom stereocenters. The molecular weight excluding hydrogens is 234 g/mol. The van der Waals surface area contributed by atoms with E-state index in [-0.39, 0.29) is 0 Å². The zero-order valence-corrected chi connectivity index (χ0v) is 12.0. The summed E-state index contributed by atoms with van der Waals surface area (Å²) in [6.45, 7) is 7.11. The summed E-state index contributed by atoms with van der Waals surface area (Å²) in [5, 5.41) is 3.41. The van der Waals surface area contributed by atoms with Gasteiger partial charge in [0, 0.05) is 52.0 Å². The van der Waals surface area contributed by atoms with E-state index in [2.05, 4.69) is 40.4 Å².